The molecule has 2 aromatic rings. The van der Waals surface area contributed by atoms with Gasteiger partial charge in [0.1, 0.15) is 11.6 Å². The normalized spacial score (nSPS) is 15.0. The maximum absolute atomic E-state index is 9.88. The van der Waals surface area contributed by atoms with Crippen LogP contribution in [0.25, 0.3) is 0 Å². The van der Waals surface area contributed by atoms with E-state index in [1.807, 2.05) is 35.2 Å². The van der Waals surface area contributed by atoms with Gasteiger partial charge in [0.2, 0.25) is 0 Å². The number of halogens is 1. The second kappa shape index (κ2) is 6.28. The highest BCUT2D eigenvalue weighted by molar-refractivity contribution is 6.33. The van der Waals surface area contributed by atoms with Gasteiger partial charge in [-0.25, -0.2) is 0 Å². The number of phenolic OH excluding ortho intramolecular Hbond substituents is 1. The maximum Gasteiger partial charge on any atom is 0.131 e. The molecule has 1 aliphatic heterocycles. The van der Waals surface area contributed by atoms with Crippen molar-refractivity contribution in [2.75, 3.05) is 31.1 Å². The van der Waals surface area contributed by atoms with Gasteiger partial charge in [0.05, 0.1) is 16.3 Å². The minimum Gasteiger partial charge on any atom is -0.507 e. The molecule has 1 saturated heterocycles. The van der Waals surface area contributed by atoms with Crippen LogP contribution in [-0.4, -0.2) is 42.0 Å². The molecule has 2 aromatic carbocycles. The summed E-state index contributed by atoms with van der Waals surface area (Å²) in [6.45, 7) is 3.08. The average molecular weight is 316 g/mol. The summed E-state index contributed by atoms with van der Waals surface area (Å²) in [5, 5.41) is 18.9. The average Bonchev–Trinajstić information content (AvgIpc) is 2.55. The summed E-state index contributed by atoms with van der Waals surface area (Å²) in [6.07, 6.45) is 0. The fraction of sp³-hybridized carbons (Fsp3) is 0.235. The number of aromatic hydroxyl groups is 1. The second-order valence-electron chi connectivity index (χ2n) is 5.29. The van der Waals surface area contributed by atoms with E-state index in [0.29, 0.717) is 11.4 Å². The Kier molecular flexibility index (Phi) is 4.20. The Labute approximate surface area is 135 Å². The molecular formula is C17H18ClN3O. The third-order valence-corrected chi connectivity index (χ3v) is 4.27. The summed E-state index contributed by atoms with van der Waals surface area (Å²) in [7, 11) is 0. The van der Waals surface area contributed by atoms with Crippen molar-refractivity contribution < 1.29 is 5.11 Å². The SMILES string of the molecule is N=C(c1ccccc1O)N1CCN(c2ccccc2Cl)CC1. The van der Waals surface area contributed by atoms with Crippen molar-refractivity contribution in [2.24, 2.45) is 0 Å². The van der Waals surface area contributed by atoms with Gasteiger partial charge in [0, 0.05) is 26.2 Å². The smallest absolute Gasteiger partial charge is 0.131 e. The summed E-state index contributed by atoms with van der Waals surface area (Å²) in [5.41, 5.74) is 1.62. The molecule has 0 bridgehead atoms. The molecule has 1 fully saturated rings. The molecule has 0 radical (unpaired) electrons. The number of hydrogen-bond acceptors (Lipinski definition) is 3. The Bertz CT molecular complexity index is 681. The summed E-state index contributed by atoms with van der Waals surface area (Å²) in [4.78, 5) is 4.22. The van der Waals surface area contributed by atoms with Crippen molar-refractivity contribution in [1.82, 2.24) is 4.90 Å². The predicted octanol–water partition coefficient (Wildman–Crippen LogP) is 3.19. The number of phenols is 1. The molecule has 3 rings (SSSR count). The van der Waals surface area contributed by atoms with E-state index in [-0.39, 0.29) is 5.75 Å². The van der Waals surface area contributed by atoms with Gasteiger partial charge in [-0.3, -0.25) is 5.41 Å². The molecule has 0 saturated carbocycles. The lowest BCUT2D eigenvalue weighted by atomic mass is 10.1. The van der Waals surface area contributed by atoms with Crippen molar-refractivity contribution in [1.29, 1.82) is 5.41 Å². The predicted molar refractivity (Wildman–Crippen MR) is 90.2 cm³/mol. The van der Waals surface area contributed by atoms with Gasteiger partial charge in [-0.15, -0.1) is 0 Å². The van der Waals surface area contributed by atoms with Crippen molar-refractivity contribution >= 4 is 23.1 Å². The standard InChI is InChI=1S/C17H18ClN3O/c18-14-6-2-3-7-15(14)20-9-11-21(12-10-20)17(19)13-5-1-4-8-16(13)22/h1-8,19,22H,9-12H2. The van der Waals surface area contributed by atoms with Crippen LogP contribution < -0.4 is 4.90 Å². The van der Waals surface area contributed by atoms with Crippen LogP contribution in [0.2, 0.25) is 5.02 Å². The fourth-order valence-electron chi connectivity index (χ4n) is 2.72. The zero-order valence-corrected chi connectivity index (χ0v) is 12.9. The van der Waals surface area contributed by atoms with E-state index in [1.165, 1.54) is 0 Å². The van der Waals surface area contributed by atoms with E-state index in [1.54, 1.807) is 18.2 Å². The summed E-state index contributed by atoms with van der Waals surface area (Å²) in [5.74, 6) is 0.526. The Hall–Kier alpha value is -2.20. The van der Waals surface area contributed by atoms with E-state index >= 15 is 0 Å². The Morgan fingerprint density at radius 1 is 0.955 bits per heavy atom. The molecule has 0 spiro atoms. The second-order valence-corrected chi connectivity index (χ2v) is 5.70. The zero-order chi connectivity index (χ0) is 15.5. The topological polar surface area (TPSA) is 50.6 Å². The zero-order valence-electron chi connectivity index (χ0n) is 12.2. The molecule has 22 heavy (non-hydrogen) atoms. The first-order chi connectivity index (χ1) is 10.7. The van der Waals surface area contributed by atoms with Crippen molar-refractivity contribution in [3.05, 3.63) is 59.1 Å². The number of rotatable bonds is 2. The monoisotopic (exact) mass is 315 g/mol. The molecular weight excluding hydrogens is 298 g/mol. The first kappa shape index (κ1) is 14.7. The van der Waals surface area contributed by atoms with E-state index < -0.39 is 0 Å². The first-order valence-corrected chi connectivity index (χ1v) is 7.66. The van der Waals surface area contributed by atoms with E-state index in [9.17, 15) is 5.11 Å². The highest BCUT2D eigenvalue weighted by Crippen LogP contribution is 2.26. The molecule has 5 heteroatoms. The van der Waals surface area contributed by atoms with E-state index in [0.717, 1.165) is 36.9 Å². The van der Waals surface area contributed by atoms with Crippen molar-refractivity contribution in [2.45, 2.75) is 0 Å². The van der Waals surface area contributed by atoms with Crippen molar-refractivity contribution in [3.63, 3.8) is 0 Å². The van der Waals surface area contributed by atoms with E-state index in [2.05, 4.69) is 4.90 Å². The van der Waals surface area contributed by atoms with Gasteiger partial charge >= 0.3 is 0 Å². The molecule has 2 N–H and O–H groups in total. The minimum atomic E-state index is 0.154. The van der Waals surface area contributed by atoms with Gasteiger partial charge in [0.15, 0.2) is 0 Å². The summed E-state index contributed by atoms with van der Waals surface area (Å²) < 4.78 is 0. The van der Waals surface area contributed by atoms with Crippen LogP contribution in [-0.2, 0) is 0 Å². The molecule has 0 unspecified atom stereocenters. The van der Waals surface area contributed by atoms with Crippen LogP contribution in [0.1, 0.15) is 5.56 Å². The third-order valence-electron chi connectivity index (χ3n) is 3.95. The molecule has 4 nitrogen and oxygen atoms in total. The Balaban J connectivity index is 1.68. The summed E-state index contributed by atoms with van der Waals surface area (Å²) in [6, 6.07) is 14.8. The highest BCUT2D eigenvalue weighted by Gasteiger charge is 2.22. The van der Waals surface area contributed by atoms with Gasteiger partial charge in [-0.1, -0.05) is 35.9 Å². The number of nitrogens with zero attached hydrogens (tertiary/aromatic N) is 2. The molecule has 1 heterocycles. The Morgan fingerprint density at radius 3 is 2.27 bits per heavy atom. The molecule has 114 valence electrons. The molecule has 0 amide bonds. The Morgan fingerprint density at radius 2 is 1.59 bits per heavy atom. The van der Waals surface area contributed by atoms with E-state index in [4.69, 9.17) is 17.0 Å². The maximum atomic E-state index is 9.88. The molecule has 0 aliphatic carbocycles. The van der Waals surface area contributed by atoms with Gasteiger partial charge in [0.25, 0.3) is 0 Å². The number of piperazine rings is 1. The van der Waals surface area contributed by atoms with Crippen LogP contribution in [0.4, 0.5) is 5.69 Å². The van der Waals surface area contributed by atoms with Crippen LogP contribution in [0.3, 0.4) is 0 Å². The number of para-hydroxylation sites is 2. The van der Waals surface area contributed by atoms with Crippen molar-refractivity contribution in [3.8, 4) is 5.75 Å². The number of anilines is 1. The number of benzene rings is 2. The lowest BCUT2D eigenvalue weighted by Gasteiger charge is -2.37. The first-order valence-electron chi connectivity index (χ1n) is 7.28. The van der Waals surface area contributed by atoms with Crippen LogP contribution in [0.5, 0.6) is 5.75 Å². The number of amidine groups is 1. The highest BCUT2D eigenvalue weighted by atomic mass is 35.5. The largest absolute Gasteiger partial charge is 0.507 e. The minimum absolute atomic E-state index is 0.154. The fourth-order valence-corrected chi connectivity index (χ4v) is 2.98. The van der Waals surface area contributed by atoms with Gasteiger partial charge in [-0.05, 0) is 24.3 Å². The van der Waals surface area contributed by atoms with Crippen LogP contribution >= 0.6 is 11.6 Å². The van der Waals surface area contributed by atoms with Crippen LogP contribution in [0, 0.1) is 5.41 Å². The molecule has 1 aliphatic rings. The lowest BCUT2D eigenvalue weighted by Crippen LogP contribution is -2.48. The quantitative estimate of drug-likeness (QED) is 0.661. The van der Waals surface area contributed by atoms with Crippen LogP contribution in [0.15, 0.2) is 48.5 Å². The number of nitrogens with one attached hydrogen (secondary N) is 1. The molecule has 0 atom stereocenters. The molecule has 0 aromatic heterocycles. The number of hydrogen-bond donors (Lipinski definition) is 2. The third kappa shape index (κ3) is 2.88. The van der Waals surface area contributed by atoms with Gasteiger partial charge < -0.3 is 14.9 Å². The van der Waals surface area contributed by atoms with Gasteiger partial charge in [-0.2, -0.15) is 0 Å². The summed E-state index contributed by atoms with van der Waals surface area (Å²) >= 11 is 6.24. The lowest BCUT2D eigenvalue weighted by molar-refractivity contribution is 0.382.